The molecule has 0 spiro atoms. The molecule has 5 heteroatoms. The summed E-state index contributed by atoms with van der Waals surface area (Å²) >= 11 is 0. The third kappa shape index (κ3) is 2.55. The van der Waals surface area contributed by atoms with Crippen molar-refractivity contribution >= 4 is 5.96 Å². The molecule has 4 N–H and O–H groups in total. The highest BCUT2D eigenvalue weighted by molar-refractivity contribution is 5.74. The Morgan fingerprint density at radius 2 is 2.38 bits per heavy atom. The lowest BCUT2D eigenvalue weighted by atomic mass is 9.92. The van der Waals surface area contributed by atoms with E-state index in [0.717, 1.165) is 0 Å². The van der Waals surface area contributed by atoms with Crippen molar-refractivity contribution in [2.75, 3.05) is 19.8 Å². The number of nitrogens with two attached hydrogens (primary N) is 1. The molecule has 0 aromatic heterocycles. The molecule has 2 atom stereocenters. The molecule has 0 aromatic carbocycles. The normalized spacial score (nSPS) is 28.9. The van der Waals surface area contributed by atoms with Crippen molar-refractivity contribution < 1.29 is 9.50 Å². The van der Waals surface area contributed by atoms with Crippen molar-refractivity contribution in [3.63, 3.8) is 0 Å². The van der Waals surface area contributed by atoms with Gasteiger partial charge in [-0.05, 0) is 12.8 Å². The van der Waals surface area contributed by atoms with Crippen LogP contribution in [0.3, 0.4) is 0 Å². The molecule has 0 aromatic rings. The number of rotatable bonds is 2. The summed E-state index contributed by atoms with van der Waals surface area (Å²) in [5.41, 5.74) is 5.30. The fraction of sp³-hybridized carbons (Fsp3) is 0.875. The van der Waals surface area contributed by atoms with E-state index in [1.54, 1.807) is 4.90 Å². The van der Waals surface area contributed by atoms with Crippen LogP contribution in [-0.4, -0.2) is 41.8 Å². The van der Waals surface area contributed by atoms with E-state index in [1.165, 1.54) is 0 Å². The number of piperidine rings is 1. The third-order valence-electron chi connectivity index (χ3n) is 2.51. The molecule has 0 unspecified atom stereocenters. The molecule has 0 aliphatic carbocycles. The minimum absolute atomic E-state index is 0.00996. The lowest BCUT2D eigenvalue weighted by molar-refractivity contribution is 0.0419. The minimum atomic E-state index is -0.439. The van der Waals surface area contributed by atoms with Gasteiger partial charge in [-0.1, -0.05) is 0 Å². The van der Waals surface area contributed by atoms with Gasteiger partial charge in [-0.25, -0.2) is 0 Å². The zero-order chi connectivity index (χ0) is 9.84. The SMILES string of the molecule is N=C(N)N1CC[C@H](O)[C@H](CCF)C1. The molecule has 13 heavy (non-hydrogen) atoms. The summed E-state index contributed by atoms with van der Waals surface area (Å²) in [7, 11) is 0. The second-order valence-electron chi connectivity index (χ2n) is 3.43. The highest BCUT2D eigenvalue weighted by Crippen LogP contribution is 2.19. The van der Waals surface area contributed by atoms with Gasteiger partial charge in [-0.15, -0.1) is 0 Å². The first kappa shape index (κ1) is 10.2. The summed E-state index contributed by atoms with van der Waals surface area (Å²) in [6.45, 7) is 0.674. The first-order chi connectivity index (χ1) is 6.15. The van der Waals surface area contributed by atoms with E-state index < -0.39 is 12.8 Å². The standard InChI is InChI=1S/C8H16FN3O/c9-3-1-6-5-12(8(10)11)4-2-7(6)13/h6-7,13H,1-5H2,(H3,10,11)/t6-,7+/m1/s1. The predicted molar refractivity (Wildman–Crippen MR) is 48.2 cm³/mol. The van der Waals surface area contributed by atoms with Crippen LogP contribution < -0.4 is 5.73 Å². The summed E-state index contributed by atoms with van der Waals surface area (Å²) < 4.78 is 12.1. The van der Waals surface area contributed by atoms with Crippen molar-refractivity contribution in [1.82, 2.24) is 4.90 Å². The van der Waals surface area contributed by atoms with Crippen molar-refractivity contribution in [3.8, 4) is 0 Å². The molecule has 4 nitrogen and oxygen atoms in total. The summed E-state index contributed by atoms with van der Waals surface area (Å²) in [5, 5.41) is 16.7. The van der Waals surface area contributed by atoms with E-state index in [-0.39, 0.29) is 11.9 Å². The van der Waals surface area contributed by atoms with E-state index in [9.17, 15) is 9.50 Å². The van der Waals surface area contributed by atoms with Crippen LogP contribution in [0.25, 0.3) is 0 Å². The number of likely N-dealkylation sites (tertiary alicyclic amines) is 1. The molecule has 1 heterocycles. The lowest BCUT2D eigenvalue weighted by Crippen LogP contribution is -2.48. The number of guanidine groups is 1. The topological polar surface area (TPSA) is 73.3 Å². The first-order valence-corrected chi connectivity index (χ1v) is 4.48. The van der Waals surface area contributed by atoms with Crippen molar-refractivity contribution in [2.45, 2.75) is 18.9 Å². The Balaban J connectivity index is 2.47. The molecule has 1 aliphatic heterocycles. The maximum absolute atomic E-state index is 12.1. The van der Waals surface area contributed by atoms with Gasteiger partial charge in [0, 0.05) is 19.0 Å². The number of halogens is 1. The molecule has 1 fully saturated rings. The third-order valence-corrected chi connectivity index (χ3v) is 2.51. The van der Waals surface area contributed by atoms with E-state index in [2.05, 4.69) is 0 Å². The molecule has 1 saturated heterocycles. The number of nitrogens with one attached hydrogen (secondary N) is 1. The Bertz CT molecular complexity index is 188. The minimum Gasteiger partial charge on any atom is -0.393 e. The van der Waals surface area contributed by atoms with Gasteiger partial charge in [0.15, 0.2) is 5.96 Å². The van der Waals surface area contributed by atoms with E-state index in [4.69, 9.17) is 11.1 Å². The van der Waals surface area contributed by atoms with Gasteiger partial charge in [-0.2, -0.15) is 0 Å². The van der Waals surface area contributed by atoms with Gasteiger partial charge >= 0.3 is 0 Å². The van der Waals surface area contributed by atoms with Gasteiger partial charge in [0.2, 0.25) is 0 Å². The first-order valence-electron chi connectivity index (χ1n) is 4.48. The molecule has 0 bridgehead atoms. The van der Waals surface area contributed by atoms with Gasteiger partial charge in [0.25, 0.3) is 0 Å². The van der Waals surface area contributed by atoms with Crippen LogP contribution in [0.4, 0.5) is 4.39 Å². The highest BCUT2D eigenvalue weighted by Gasteiger charge is 2.27. The molecule has 76 valence electrons. The lowest BCUT2D eigenvalue weighted by Gasteiger charge is -2.36. The van der Waals surface area contributed by atoms with E-state index in [1.807, 2.05) is 0 Å². The molecular weight excluding hydrogens is 173 g/mol. The molecule has 0 saturated carbocycles. The fourth-order valence-corrected chi connectivity index (χ4v) is 1.66. The molecule has 0 amide bonds. The Hall–Kier alpha value is -0.840. The molecule has 1 rings (SSSR count). The summed E-state index contributed by atoms with van der Waals surface area (Å²) in [5.74, 6) is -0.0709. The van der Waals surface area contributed by atoms with Crippen LogP contribution in [0.2, 0.25) is 0 Å². The number of aliphatic hydroxyl groups is 1. The van der Waals surface area contributed by atoms with Crippen LogP contribution >= 0.6 is 0 Å². The second-order valence-corrected chi connectivity index (χ2v) is 3.43. The van der Waals surface area contributed by atoms with Crippen LogP contribution in [0.1, 0.15) is 12.8 Å². The Morgan fingerprint density at radius 3 is 2.92 bits per heavy atom. The summed E-state index contributed by atoms with van der Waals surface area (Å²) in [6.07, 6.45) is 0.487. The quantitative estimate of drug-likeness (QED) is 0.420. The average Bonchev–Trinajstić information content (AvgIpc) is 2.08. The van der Waals surface area contributed by atoms with E-state index in [0.29, 0.717) is 25.9 Å². The van der Waals surface area contributed by atoms with Crippen molar-refractivity contribution in [3.05, 3.63) is 0 Å². The number of hydrogen-bond donors (Lipinski definition) is 3. The molecule has 1 aliphatic rings. The van der Waals surface area contributed by atoms with Crippen LogP contribution in [0, 0.1) is 11.3 Å². The molecule has 0 radical (unpaired) electrons. The highest BCUT2D eigenvalue weighted by atomic mass is 19.1. The largest absolute Gasteiger partial charge is 0.393 e. The summed E-state index contributed by atoms with van der Waals surface area (Å²) in [4.78, 5) is 1.67. The van der Waals surface area contributed by atoms with Gasteiger partial charge < -0.3 is 15.7 Å². The smallest absolute Gasteiger partial charge is 0.188 e. The maximum atomic E-state index is 12.1. The Kier molecular flexibility index (Phi) is 3.48. The predicted octanol–water partition coefficient (Wildman–Crippen LogP) is -0.0777. The monoisotopic (exact) mass is 189 g/mol. The second kappa shape index (κ2) is 4.41. The number of aliphatic hydroxyl groups excluding tert-OH is 1. The van der Waals surface area contributed by atoms with Gasteiger partial charge in [0.1, 0.15) is 0 Å². The number of alkyl halides is 1. The maximum Gasteiger partial charge on any atom is 0.188 e. The Labute approximate surface area is 77.0 Å². The van der Waals surface area contributed by atoms with Gasteiger partial charge in [-0.3, -0.25) is 9.80 Å². The van der Waals surface area contributed by atoms with Crippen molar-refractivity contribution in [2.24, 2.45) is 11.7 Å². The zero-order valence-electron chi connectivity index (χ0n) is 7.54. The van der Waals surface area contributed by atoms with Crippen LogP contribution in [0.15, 0.2) is 0 Å². The Morgan fingerprint density at radius 1 is 1.69 bits per heavy atom. The fourth-order valence-electron chi connectivity index (χ4n) is 1.66. The van der Waals surface area contributed by atoms with Crippen molar-refractivity contribution in [1.29, 1.82) is 5.41 Å². The van der Waals surface area contributed by atoms with Crippen LogP contribution in [-0.2, 0) is 0 Å². The summed E-state index contributed by atoms with van der Waals surface area (Å²) in [6, 6.07) is 0. The number of hydrogen-bond acceptors (Lipinski definition) is 2. The van der Waals surface area contributed by atoms with Gasteiger partial charge in [0.05, 0.1) is 12.8 Å². The molecular formula is C8H16FN3O. The van der Waals surface area contributed by atoms with Crippen LogP contribution in [0.5, 0.6) is 0 Å². The average molecular weight is 189 g/mol. The number of nitrogens with zero attached hydrogens (tertiary/aromatic N) is 1. The zero-order valence-corrected chi connectivity index (χ0v) is 7.54. The van der Waals surface area contributed by atoms with E-state index >= 15 is 0 Å².